The van der Waals surface area contributed by atoms with Gasteiger partial charge in [-0.1, -0.05) is 12.5 Å². The van der Waals surface area contributed by atoms with Crippen LogP contribution >= 0.6 is 0 Å². The van der Waals surface area contributed by atoms with Crippen LogP contribution in [0.1, 0.15) is 30.4 Å². The Morgan fingerprint density at radius 2 is 1.70 bits per heavy atom. The molecule has 1 aromatic rings. The Morgan fingerprint density at radius 1 is 1.10 bits per heavy atom. The highest BCUT2D eigenvalue weighted by atomic mass is 19.1. The molecule has 1 saturated heterocycles. The van der Waals surface area contributed by atoms with E-state index in [1.807, 2.05) is 0 Å². The summed E-state index contributed by atoms with van der Waals surface area (Å²) >= 11 is 0. The fourth-order valence-electron chi connectivity index (χ4n) is 3.33. The van der Waals surface area contributed by atoms with Gasteiger partial charge in [0.1, 0.15) is 5.82 Å². The van der Waals surface area contributed by atoms with Gasteiger partial charge in [0.25, 0.3) is 0 Å². The predicted octanol–water partition coefficient (Wildman–Crippen LogP) is 1.57. The molecule has 4 nitrogen and oxygen atoms in total. The number of carbonyl (C=O) groups is 2. The van der Waals surface area contributed by atoms with Gasteiger partial charge in [0.05, 0.1) is 18.4 Å². The molecule has 2 atom stereocenters. The lowest BCUT2D eigenvalue weighted by Crippen LogP contribution is -2.31. The first-order valence-corrected chi connectivity index (χ1v) is 6.94. The molecule has 0 spiro atoms. The van der Waals surface area contributed by atoms with E-state index in [1.165, 1.54) is 17.0 Å². The van der Waals surface area contributed by atoms with Gasteiger partial charge >= 0.3 is 0 Å². The van der Waals surface area contributed by atoms with Crippen molar-refractivity contribution in [3.63, 3.8) is 0 Å². The SMILES string of the molecule is NCc1cc(F)cc(CN2C(=O)C3CCCC3C2=O)c1. The maximum Gasteiger partial charge on any atom is 0.233 e. The first kappa shape index (κ1) is 13.2. The van der Waals surface area contributed by atoms with Gasteiger partial charge in [-0.2, -0.15) is 0 Å². The zero-order chi connectivity index (χ0) is 14.3. The molecule has 0 radical (unpaired) electrons. The minimum Gasteiger partial charge on any atom is -0.326 e. The number of rotatable bonds is 3. The first-order valence-electron chi connectivity index (χ1n) is 6.94. The zero-order valence-electron chi connectivity index (χ0n) is 11.1. The normalized spacial score (nSPS) is 25.4. The molecule has 2 fully saturated rings. The molecule has 0 aromatic heterocycles. The Labute approximate surface area is 116 Å². The molecule has 2 unspecified atom stereocenters. The monoisotopic (exact) mass is 276 g/mol. The molecule has 5 heteroatoms. The van der Waals surface area contributed by atoms with Crippen LogP contribution in [-0.2, 0) is 22.7 Å². The van der Waals surface area contributed by atoms with Crippen molar-refractivity contribution >= 4 is 11.8 Å². The lowest BCUT2D eigenvalue weighted by Gasteiger charge is -2.16. The molecule has 1 heterocycles. The second-order valence-corrected chi connectivity index (χ2v) is 5.58. The number of benzene rings is 1. The molecule has 3 rings (SSSR count). The van der Waals surface area contributed by atoms with Crippen LogP contribution in [0.5, 0.6) is 0 Å². The molecule has 1 aromatic carbocycles. The summed E-state index contributed by atoms with van der Waals surface area (Å²) in [6, 6.07) is 4.47. The summed E-state index contributed by atoms with van der Waals surface area (Å²) in [5.41, 5.74) is 6.79. The van der Waals surface area contributed by atoms with E-state index >= 15 is 0 Å². The topological polar surface area (TPSA) is 63.4 Å². The van der Waals surface area contributed by atoms with Crippen molar-refractivity contribution in [2.75, 3.05) is 0 Å². The number of likely N-dealkylation sites (tertiary alicyclic amines) is 1. The zero-order valence-corrected chi connectivity index (χ0v) is 11.1. The van der Waals surface area contributed by atoms with E-state index in [-0.39, 0.29) is 42.6 Å². The fourth-order valence-corrected chi connectivity index (χ4v) is 3.33. The summed E-state index contributed by atoms with van der Waals surface area (Å²) in [6.07, 6.45) is 2.53. The Kier molecular flexibility index (Phi) is 3.30. The van der Waals surface area contributed by atoms with E-state index < -0.39 is 0 Å². The van der Waals surface area contributed by atoms with Gasteiger partial charge in [0, 0.05) is 6.54 Å². The molecule has 2 aliphatic rings. The van der Waals surface area contributed by atoms with Gasteiger partial charge in [0.15, 0.2) is 0 Å². The van der Waals surface area contributed by atoms with E-state index in [0.717, 1.165) is 19.3 Å². The predicted molar refractivity (Wildman–Crippen MR) is 70.7 cm³/mol. The van der Waals surface area contributed by atoms with Crippen molar-refractivity contribution in [2.45, 2.75) is 32.4 Å². The molecule has 1 aliphatic heterocycles. The first-order chi connectivity index (χ1) is 9.60. The highest BCUT2D eigenvalue weighted by Crippen LogP contribution is 2.40. The summed E-state index contributed by atoms with van der Waals surface area (Å²) in [4.78, 5) is 25.7. The molecule has 1 aliphatic carbocycles. The van der Waals surface area contributed by atoms with Crippen molar-refractivity contribution in [1.82, 2.24) is 4.90 Å². The molecular formula is C15H17FN2O2. The minimum absolute atomic E-state index is 0.101. The van der Waals surface area contributed by atoms with E-state index in [9.17, 15) is 14.0 Å². The van der Waals surface area contributed by atoms with Crippen molar-refractivity contribution in [3.05, 3.63) is 35.1 Å². The van der Waals surface area contributed by atoms with Gasteiger partial charge in [-0.05, 0) is 36.1 Å². The van der Waals surface area contributed by atoms with Crippen LogP contribution in [0.3, 0.4) is 0 Å². The number of nitrogens with zero attached hydrogens (tertiary/aromatic N) is 1. The lowest BCUT2D eigenvalue weighted by atomic mass is 10.00. The number of fused-ring (bicyclic) bond motifs is 1. The Hall–Kier alpha value is -1.75. The van der Waals surface area contributed by atoms with Gasteiger partial charge in [-0.25, -0.2) is 4.39 Å². The summed E-state index contributed by atoms with van der Waals surface area (Å²) in [6.45, 7) is 0.382. The average Bonchev–Trinajstić information content (AvgIpc) is 2.98. The maximum absolute atomic E-state index is 13.5. The summed E-state index contributed by atoms with van der Waals surface area (Å²) < 4.78 is 13.5. The molecule has 106 valence electrons. The van der Waals surface area contributed by atoms with Crippen LogP contribution in [0.25, 0.3) is 0 Å². The highest BCUT2D eigenvalue weighted by molar-refractivity contribution is 6.05. The number of nitrogens with two attached hydrogens (primary N) is 1. The smallest absolute Gasteiger partial charge is 0.233 e. The van der Waals surface area contributed by atoms with Crippen LogP contribution in [0.2, 0.25) is 0 Å². The molecule has 20 heavy (non-hydrogen) atoms. The third kappa shape index (κ3) is 2.12. The molecule has 2 N–H and O–H groups in total. The third-order valence-corrected chi connectivity index (χ3v) is 4.28. The molecule has 1 saturated carbocycles. The third-order valence-electron chi connectivity index (χ3n) is 4.28. The van der Waals surface area contributed by atoms with E-state index in [4.69, 9.17) is 5.73 Å². The minimum atomic E-state index is -0.387. The quantitative estimate of drug-likeness (QED) is 0.852. The molecular weight excluding hydrogens is 259 g/mol. The standard InChI is InChI=1S/C15H17FN2O2/c16-11-5-9(7-17)4-10(6-11)8-18-14(19)12-2-1-3-13(12)15(18)20/h4-6,12-13H,1-3,7-8,17H2. The average molecular weight is 276 g/mol. The largest absolute Gasteiger partial charge is 0.326 e. The number of carbonyl (C=O) groups excluding carboxylic acids is 2. The van der Waals surface area contributed by atoms with Crippen LogP contribution in [-0.4, -0.2) is 16.7 Å². The fraction of sp³-hybridized carbons (Fsp3) is 0.467. The van der Waals surface area contributed by atoms with Gasteiger partial charge in [0.2, 0.25) is 11.8 Å². The van der Waals surface area contributed by atoms with Gasteiger partial charge in [-0.15, -0.1) is 0 Å². The number of imide groups is 1. The molecule has 0 bridgehead atoms. The number of hydrogen-bond acceptors (Lipinski definition) is 3. The molecule has 2 amide bonds. The van der Waals surface area contributed by atoms with E-state index in [0.29, 0.717) is 11.1 Å². The van der Waals surface area contributed by atoms with Crippen molar-refractivity contribution in [1.29, 1.82) is 0 Å². The van der Waals surface area contributed by atoms with Crippen LogP contribution < -0.4 is 5.73 Å². The van der Waals surface area contributed by atoms with Crippen molar-refractivity contribution in [3.8, 4) is 0 Å². The van der Waals surface area contributed by atoms with Crippen LogP contribution in [0, 0.1) is 17.7 Å². The highest BCUT2D eigenvalue weighted by Gasteiger charge is 2.49. The van der Waals surface area contributed by atoms with Crippen molar-refractivity contribution < 1.29 is 14.0 Å². The lowest BCUT2D eigenvalue weighted by molar-refractivity contribution is -0.141. The summed E-state index contributed by atoms with van der Waals surface area (Å²) in [5.74, 6) is -0.885. The van der Waals surface area contributed by atoms with Gasteiger partial charge < -0.3 is 5.73 Å². The summed E-state index contributed by atoms with van der Waals surface area (Å²) in [5, 5.41) is 0. The second kappa shape index (κ2) is 4.98. The summed E-state index contributed by atoms with van der Waals surface area (Å²) in [7, 11) is 0. The number of halogens is 1. The van der Waals surface area contributed by atoms with Crippen LogP contribution in [0.15, 0.2) is 18.2 Å². The maximum atomic E-state index is 13.5. The van der Waals surface area contributed by atoms with E-state index in [1.54, 1.807) is 6.07 Å². The Bertz CT molecular complexity index is 551. The van der Waals surface area contributed by atoms with Crippen molar-refractivity contribution in [2.24, 2.45) is 17.6 Å². The number of amides is 2. The van der Waals surface area contributed by atoms with Gasteiger partial charge in [-0.3, -0.25) is 14.5 Å². The van der Waals surface area contributed by atoms with Crippen LogP contribution in [0.4, 0.5) is 4.39 Å². The second-order valence-electron chi connectivity index (χ2n) is 5.58. The van der Waals surface area contributed by atoms with E-state index in [2.05, 4.69) is 0 Å². The Morgan fingerprint density at radius 3 is 2.30 bits per heavy atom. The number of hydrogen-bond donors (Lipinski definition) is 1. The Balaban J connectivity index is 1.83.